The maximum atomic E-state index is 5.74. The highest BCUT2D eigenvalue weighted by atomic mass is 32.1. The molecule has 1 aliphatic heterocycles. The first-order chi connectivity index (χ1) is 12.1. The molecule has 136 valence electrons. The molecule has 0 bridgehead atoms. The number of ether oxygens (including phenoxy) is 2. The predicted molar refractivity (Wildman–Crippen MR) is 98.5 cm³/mol. The summed E-state index contributed by atoms with van der Waals surface area (Å²) in [5, 5.41) is 4.59. The van der Waals surface area contributed by atoms with Crippen molar-refractivity contribution in [2.75, 3.05) is 20.8 Å². The highest BCUT2D eigenvalue weighted by molar-refractivity contribution is 7.71. The zero-order chi connectivity index (χ0) is 17.8. The second kappa shape index (κ2) is 8.01. The molecule has 1 saturated heterocycles. The molecule has 0 radical (unpaired) electrons. The molecule has 1 atom stereocenters. The summed E-state index contributed by atoms with van der Waals surface area (Å²) in [5.41, 5.74) is 0.784. The Labute approximate surface area is 153 Å². The van der Waals surface area contributed by atoms with Crippen LogP contribution in [-0.2, 0) is 6.67 Å². The van der Waals surface area contributed by atoms with E-state index < -0.39 is 0 Å². The number of nitrogens with zero attached hydrogens (tertiary/aromatic N) is 3. The third-order valence-corrected chi connectivity index (χ3v) is 5.03. The van der Waals surface area contributed by atoms with E-state index in [2.05, 4.69) is 16.9 Å². The number of methoxy groups -OCH3 is 2. The Morgan fingerprint density at radius 2 is 1.92 bits per heavy atom. The molecular weight excluding hydrogens is 338 g/mol. The number of aromatic nitrogens is 2. The molecule has 1 aromatic carbocycles. The van der Waals surface area contributed by atoms with Gasteiger partial charge in [0.2, 0.25) is 5.89 Å². The second-order valence-corrected chi connectivity index (χ2v) is 6.63. The van der Waals surface area contributed by atoms with E-state index in [1.54, 1.807) is 18.9 Å². The van der Waals surface area contributed by atoms with Gasteiger partial charge in [-0.25, -0.2) is 4.68 Å². The lowest BCUT2D eigenvalue weighted by Crippen LogP contribution is -2.40. The van der Waals surface area contributed by atoms with E-state index in [0.29, 0.717) is 34.9 Å². The number of benzene rings is 1. The van der Waals surface area contributed by atoms with E-state index >= 15 is 0 Å². The van der Waals surface area contributed by atoms with Gasteiger partial charge in [-0.3, -0.25) is 4.90 Å². The van der Waals surface area contributed by atoms with Gasteiger partial charge in [-0.1, -0.05) is 13.3 Å². The number of hydrogen-bond acceptors (Lipinski definition) is 6. The van der Waals surface area contributed by atoms with Gasteiger partial charge >= 0.3 is 0 Å². The normalized spacial score (nSPS) is 18.3. The molecule has 0 amide bonds. The number of hydrogen-bond donors (Lipinski definition) is 0. The van der Waals surface area contributed by atoms with Gasteiger partial charge in [-0.05, 0) is 43.6 Å². The van der Waals surface area contributed by atoms with Crippen LogP contribution in [-0.4, -0.2) is 41.5 Å². The molecule has 2 aromatic rings. The van der Waals surface area contributed by atoms with E-state index in [4.69, 9.17) is 26.1 Å². The van der Waals surface area contributed by atoms with Crippen molar-refractivity contribution in [2.24, 2.45) is 0 Å². The minimum atomic E-state index is 0.386. The van der Waals surface area contributed by atoms with E-state index in [1.807, 2.05) is 18.2 Å². The van der Waals surface area contributed by atoms with Gasteiger partial charge in [0.15, 0.2) is 0 Å². The maximum Gasteiger partial charge on any atom is 0.288 e. The van der Waals surface area contributed by atoms with Crippen molar-refractivity contribution in [2.45, 2.75) is 45.3 Å². The third kappa shape index (κ3) is 4.04. The summed E-state index contributed by atoms with van der Waals surface area (Å²) in [7, 11) is 3.24. The van der Waals surface area contributed by atoms with Gasteiger partial charge in [0, 0.05) is 24.2 Å². The Morgan fingerprint density at radius 1 is 1.20 bits per heavy atom. The Kier molecular flexibility index (Phi) is 5.75. The standard InChI is InChI=1S/C18H25N3O3S/c1-4-14-7-5-6-8-20(14)12-21-18(25)24-17(19-21)13-9-15(22-2)11-16(10-13)23-3/h9-11,14H,4-8,12H2,1-3H3/t14-/m1/s1. The van der Waals surface area contributed by atoms with Crippen LogP contribution in [0.2, 0.25) is 0 Å². The molecule has 1 aromatic heterocycles. The van der Waals surface area contributed by atoms with Gasteiger partial charge in [-0.2, -0.15) is 0 Å². The summed E-state index contributed by atoms with van der Waals surface area (Å²) < 4.78 is 18.1. The zero-order valence-corrected chi connectivity index (χ0v) is 15.8. The van der Waals surface area contributed by atoms with Crippen molar-refractivity contribution in [1.29, 1.82) is 0 Å². The van der Waals surface area contributed by atoms with E-state index in [-0.39, 0.29) is 0 Å². The van der Waals surface area contributed by atoms with E-state index in [1.165, 1.54) is 19.3 Å². The van der Waals surface area contributed by atoms with Crippen molar-refractivity contribution in [3.63, 3.8) is 0 Å². The fourth-order valence-corrected chi connectivity index (χ4v) is 3.50. The minimum Gasteiger partial charge on any atom is -0.497 e. The van der Waals surface area contributed by atoms with Crippen LogP contribution in [0.15, 0.2) is 22.6 Å². The quantitative estimate of drug-likeness (QED) is 0.720. The van der Waals surface area contributed by atoms with Gasteiger partial charge in [0.05, 0.1) is 20.9 Å². The Morgan fingerprint density at radius 3 is 2.56 bits per heavy atom. The van der Waals surface area contributed by atoms with Gasteiger partial charge in [0.1, 0.15) is 11.5 Å². The molecule has 25 heavy (non-hydrogen) atoms. The summed E-state index contributed by atoms with van der Waals surface area (Å²) in [6, 6.07) is 6.13. The van der Waals surface area contributed by atoms with Crippen LogP contribution in [0.3, 0.4) is 0 Å². The van der Waals surface area contributed by atoms with Crippen molar-refractivity contribution in [1.82, 2.24) is 14.7 Å². The fourth-order valence-electron chi connectivity index (χ4n) is 3.32. The van der Waals surface area contributed by atoms with Crippen LogP contribution in [0.4, 0.5) is 0 Å². The number of rotatable bonds is 6. The number of likely N-dealkylation sites (tertiary alicyclic amines) is 1. The Hall–Kier alpha value is -1.86. The van der Waals surface area contributed by atoms with Gasteiger partial charge in [-0.15, -0.1) is 5.10 Å². The molecule has 2 heterocycles. The van der Waals surface area contributed by atoms with Crippen molar-refractivity contribution < 1.29 is 13.9 Å². The minimum absolute atomic E-state index is 0.386. The van der Waals surface area contributed by atoms with Crippen LogP contribution in [0.5, 0.6) is 11.5 Å². The van der Waals surface area contributed by atoms with Crippen LogP contribution < -0.4 is 9.47 Å². The summed E-state index contributed by atoms with van der Waals surface area (Å²) >= 11 is 5.38. The SMILES string of the molecule is CC[C@@H]1CCCCN1Cn1nc(-c2cc(OC)cc(OC)c2)oc1=S. The first kappa shape index (κ1) is 17.9. The molecule has 6 nitrogen and oxygen atoms in total. The highest BCUT2D eigenvalue weighted by Crippen LogP contribution is 2.29. The summed E-state index contributed by atoms with van der Waals surface area (Å²) in [5.74, 6) is 1.85. The average Bonchev–Trinajstić information content (AvgIpc) is 3.02. The summed E-state index contributed by atoms with van der Waals surface area (Å²) in [4.78, 5) is 2.83. The molecule has 0 aliphatic carbocycles. The number of piperidine rings is 1. The van der Waals surface area contributed by atoms with Crippen LogP contribution >= 0.6 is 12.2 Å². The summed E-state index contributed by atoms with van der Waals surface area (Å²) in [6.07, 6.45) is 4.91. The molecular formula is C18H25N3O3S. The van der Waals surface area contributed by atoms with Crippen LogP contribution in [0.25, 0.3) is 11.5 Å². The second-order valence-electron chi connectivity index (χ2n) is 6.29. The monoisotopic (exact) mass is 363 g/mol. The lowest BCUT2D eigenvalue weighted by atomic mass is 10.0. The zero-order valence-electron chi connectivity index (χ0n) is 15.0. The summed E-state index contributed by atoms with van der Waals surface area (Å²) in [6.45, 7) is 3.98. The van der Waals surface area contributed by atoms with Crippen LogP contribution in [0.1, 0.15) is 32.6 Å². The van der Waals surface area contributed by atoms with Gasteiger partial charge < -0.3 is 13.9 Å². The van der Waals surface area contributed by atoms with E-state index in [0.717, 1.165) is 18.5 Å². The predicted octanol–water partition coefficient (Wildman–Crippen LogP) is 4.11. The topological polar surface area (TPSA) is 52.7 Å². The fraction of sp³-hybridized carbons (Fsp3) is 0.556. The van der Waals surface area contributed by atoms with Crippen molar-refractivity contribution in [3.05, 3.63) is 23.0 Å². The average molecular weight is 363 g/mol. The molecule has 1 aliphatic rings. The van der Waals surface area contributed by atoms with E-state index in [9.17, 15) is 0 Å². The lowest BCUT2D eigenvalue weighted by Gasteiger charge is -2.34. The van der Waals surface area contributed by atoms with Crippen LogP contribution in [0, 0.1) is 4.84 Å². The molecule has 7 heteroatoms. The molecule has 0 saturated carbocycles. The largest absolute Gasteiger partial charge is 0.497 e. The first-order valence-corrected chi connectivity index (χ1v) is 9.11. The van der Waals surface area contributed by atoms with Crippen molar-refractivity contribution in [3.8, 4) is 23.0 Å². The molecule has 3 rings (SSSR count). The lowest BCUT2D eigenvalue weighted by molar-refractivity contribution is 0.0994. The highest BCUT2D eigenvalue weighted by Gasteiger charge is 2.22. The van der Waals surface area contributed by atoms with Gasteiger partial charge in [0.25, 0.3) is 4.84 Å². The molecule has 0 spiro atoms. The maximum absolute atomic E-state index is 5.74. The third-order valence-electron chi connectivity index (χ3n) is 4.74. The smallest absolute Gasteiger partial charge is 0.288 e. The Balaban J connectivity index is 1.86. The molecule has 0 N–H and O–H groups in total. The molecule has 1 fully saturated rings. The van der Waals surface area contributed by atoms with Crippen molar-refractivity contribution >= 4 is 12.2 Å². The molecule has 0 unspecified atom stereocenters. The Bertz CT molecular complexity index is 749. The first-order valence-electron chi connectivity index (χ1n) is 8.70.